The van der Waals surface area contributed by atoms with E-state index in [9.17, 15) is 13.2 Å². The summed E-state index contributed by atoms with van der Waals surface area (Å²) in [7, 11) is 0. The van der Waals surface area contributed by atoms with Gasteiger partial charge in [0.1, 0.15) is 5.82 Å². The van der Waals surface area contributed by atoms with Crippen LogP contribution < -0.4 is 4.90 Å². The van der Waals surface area contributed by atoms with Crippen LogP contribution >= 0.6 is 0 Å². The summed E-state index contributed by atoms with van der Waals surface area (Å²) in [4.78, 5) is 6.11. The lowest BCUT2D eigenvalue weighted by Gasteiger charge is -2.24. The zero-order valence-corrected chi connectivity index (χ0v) is 12.0. The maximum atomic E-state index is 12.7. The van der Waals surface area contributed by atoms with Crippen LogP contribution in [0.3, 0.4) is 0 Å². The van der Waals surface area contributed by atoms with Gasteiger partial charge < -0.3 is 0 Å². The molecule has 2 aromatic carbocycles. The van der Waals surface area contributed by atoms with E-state index < -0.39 is 11.7 Å². The Balaban J connectivity index is 2.06. The molecular formula is C18H13F3N2. The van der Waals surface area contributed by atoms with Gasteiger partial charge in [-0.15, -0.1) is 0 Å². The first-order chi connectivity index (χ1) is 11.1. The minimum atomic E-state index is -4.35. The van der Waals surface area contributed by atoms with E-state index in [0.29, 0.717) is 11.5 Å². The maximum Gasteiger partial charge on any atom is 0.416 e. The zero-order chi connectivity index (χ0) is 16.3. The summed E-state index contributed by atoms with van der Waals surface area (Å²) in [6, 6.07) is 19.9. The van der Waals surface area contributed by atoms with Crippen molar-refractivity contribution in [3.63, 3.8) is 0 Å². The maximum absolute atomic E-state index is 12.7. The number of pyridine rings is 1. The summed E-state index contributed by atoms with van der Waals surface area (Å²) in [6.45, 7) is 0. The molecule has 3 aromatic rings. The van der Waals surface area contributed by atoms with Crippen LogP contribution in [-0.2, 0) is 6.18 Å². The summed E-state index contributed by atoms with van der Waals surface area (Å²) < 4.78 is 38.2. The van der Waals surface area contributed by atoms with E-state index in [1.54, 1.807) is 17.2 Å². The number of halogens is 3. The van der Waals surface area contributed by atoms with E-state index >= 15 is 0 Å². The molecule has 0 aliphatic heterocycles. The van der Waals surface area contributed by atoms with Gasteiger partial charge in [-0.25, -0.2) is 4.98 Å². The molecule has 3 rings (SSSR count). The van der Waals surface area contributed by atoms with Gasteiger partial charge in [-0.05, 0) is 48.5 Å². The fourth-order valence-electron chi connectivity index (χ4n) is 2.28. The SMILES string of the molecule is FC(F)(F)c1ccc(N(c2ccccc2)c2ccccn2)cc1. The highest BCUT2D eigenvalue weighted by Crippen LogP contribution is 2.35. The number of anilines is 3. The molecule has 0 fully saturated rings. The van der Waals surface area contributed by atoms with E-state index in [1.807, 2.05) is 42.5 Å². The van der Waals surface area contributed by atoms with Crippen molar-refractivity contribution in [2.45, 2.75) is 6.18 Å². The first-order valence-corrected chi connectivity index (χ1v) is 6.99. The summed E-state index contributed by atoms with van der Waals surface area (Å²) >= 11 is 0. The Kier molecular flexibility index (Phi) is 4.02. The normalized spacial score (nSPS) is 11.3. The van der Waals surface area contributed by atoms with Crippen molar-refractivity contribution in [1.29, 1.82) is 0 Å². The fraction of sp³-hybridized carbons (Fsp3) is 0.0556. The molecule has 1 aromatic heterocycles. The Morgan fingerprint density at radius 3 is 1.87 bits per heavy atom. The van der Waals surface area contributed by atoms with Gasteiger partial charge in [-0.1, -0.05) is 24.3 Å². The van der Waals surface area contributed by atoms with Crippen LogP contribution in [0, 0.1) is 0 Å². The topological polar surface area (TPSA) is 16.1 Å². The molecule has 116 valence electrons. The number of nitrogens with zero attached hydrogens (tertiary/aromatic N) is 2. The molecule has 5 heteroatoms. The van der Waals surface area contributed by atoms with E-state index in [4.69, 9.17) is 0 Å². The van der Waals surface area contributed by atoms with Crippen molar-refractivity contribution < 1.29 is 13.2 Å². The van der Waals surface area contributed by atoms with Gasteiger partial charge in [-0.2, -0.15) is 13.2 Å². The molecule has 0 aliphatic rings. The summed E-state index contributed by atoms with van der Waals surface area (Å²) in [6.07, 6.45) is -2.70. The van der Waals surface area contributed by atoms with E-state index in [0.717, 1.165) is 17.8 Å². The highest BCUT2D eigenvalue weighted by molar-refractivity contribution is 5.74. The van der Waals surface area contributed by atoms with Gasteiger partial charge >= 0.3 is 6.18 Å². The highest BCUT2D eigenvalue weighted by Gasteiger charge is 2.30. The second-order valence-corrected chi connectivity index (χ2v) is 4.90. The molecule has 1 heterocycles. The average molecular weight is 314 g/mol. The Hall–Kier alpha value is -2.82. The quantitative estimate of drug-likeness (QED) is 0.628. The van der Waals surface area contributed by atoms with Gasteiger partial charge in [0.25, 0.3) is 0 Å². The van der Waals surface area contributed by atoms with E-state index in [2.05, 4.69) is 4.98 Å². The van der Waals surface area contributed by atoms with E-state index in [1.165, 1.54) is 12.1 Å². The summed E-state index contributed by atoms with van der Waals surface area (Å²) in [5, 5.41) is 0. The van der Waals surface area contributed by atoms with E-state index in [-0.39, 0.29) is 0 Å². The predicted molar refractivity (Wildman–Crippen MR) is 83.9 cm³/mol. The molecule has 0 radical (unpaired) electrons. The van der Waals surface area contributed by atoms with Crippen molar-refractivity contribution >= 4 is 17.2 Å². The first kappa shape index (κ1) is 15.1. The number of para-hydroxylation sites is 1. The summed E-state index contributed by atoms with van der Waals surface area (Å²) in [5.41, 5.74) is 0.768. The average Bonchev–Trinajstić information content (AvgIpc) is 2.57. The van der Waals surface area contributed by atoms with Crippen LogP contribution in [0.2, 0.25) is 0 Å². The van der Waals surface area contributed by atoms with Crippen molar-refractivity contribution in [1.82, 2.24) is 4.98 Å². The monoisotopic (exact) mass is 314 g/mol. The Bertz CT molecular complexity index is 714. The Labute approximate surface area is 131 Å². The fourth-order valence-corrected chi connectivity index (χ4v) is 2.28. The predicted octanol–water partition coefficient (Wildman–Crippen LogP) is 5.57. The molecule has 0 unspecified atom stereocenters. The molecule has 0 saturated carbocycles. The lowest BCUT2D eigenvalue weighted by molar-refractivity contribution is -0.137. The van der Waals surface area contributed by atoms with Crippen molar-refractivity contribution in [3.05, 3.63) is 84.6 Å². The largest absolute Gasteiger partial charge is 0.416 e. The molecule has 0 spiro atoms. The van der Waals surface area contributed by atoms with Crippen LogP contribution in [0.25, 0.3) is 0 Å². The van der Waals surface area contributed by atoms with Crippen molar-refractivity contribution in [2.75, 3.05) is 4.90 Å². The number of rotatable bonds is 3. The van der Waals surface area contributed by atoms with Crippen molar-refractivity contribution in [3.8, 4) is 0 Å². The molecule has 0 N–H and O–H groups in total. The molecule has 23 heavy (non-hydrogen) atoms. The first-order valence-electron chi connectivity index (χ1n) is 6.99. The van der Waals surface area contributed by atoms with Crippen molar-refractivity contribution in [2.24, 2.45) is 0 Å². The van der Waals surface area contributed by atoms with Crippen LogP contribution in [0.4, 0.5) is 30.4 Å². The molecule has 0 saturated heterocycles. The standard InChI is InChI=1S/C18H13F3N2/c19-18(20,21)14-9-11-16(12-10-14)23(15-6-2-1-3-7-15)17-8-4-5-13-22-17/h1-13H. The second-order valence-electron chi connectivity index (χ2n) is 4.90. The number of hydrogen-bond donors (Lipinski definition) is 0. The lowest BCUT2D eigenvalue weighted by Crippen LogP contribution is -2.12. The summed E-state index contributed by atoms with van der Waals surface area (Å²) in [5.74, 6) is 0.637. The van der Waals surface area contributed by atoms with Gasteiger partial charge in [-0.3, -0.25) is 4.90 Å². The van der Waals surface area contributed by atoms with Crippen LogP contribution in [-0.4, -0.2) is 4.98 Å². The third-order valence-corrected chi connectivity index (χ3v) is 3.35. The zero-order valence-electron chi connectivity index (χ0n) is 12.0. The van der Waals surface area contributed by atoms with Gasteiger partial charge in [0.2, 0.25) is 0 Å². The number of benzene rings is 2. The third kappa shape index (κ3) is 3.34. The minimum absolute atomic E-state index is 0.614. The molecule has 2 nitrogen and oxygen atoms in total. The number of alkyl halides is 3. The smallest absolute Gasteiger partial charge is 0.295 e. The lowest BCUT2D eigenvalue weighted by atomic mass is 10.1. The number of aromatic nitrogens is 1. The van der Waals surface area contributed by atoms with Gasteiger partial charge in [0.15, 0.2) is 0 Å². The van der Waals surface area contributed by atoms with Crippen LogP contribution in [0.1, 0.15) is 5.56 Å². The van der Waals surface area contributed by atoms with Gasteiger partial charge in [0.05, 0.1) is 5.56 Å². The highest BCUT2D eigenvalue weighted by atomic mass is 19.4. The van der Waals surface area contributed by atoms with Gasteiger partial charge in [0, 0.05) is 17.6 Å². The molecule has 0 atom stereocenters. The van der Waals surface area contributed by atoms with Crippen LogP contribution in [0.15, 0.2) is 79.0 Å². The molecule has 0 amide bonds. The Morgan fingerprint density at radius 1 is 0.696 bits per heavy atom. The third-order valence-electron chi connectivity index (χ3n) is 3.35. The minimum Gasteiger partial charge on any atom is -0.295 e. The molecular weight excluding hydrogens is 301 g/mol. The van der Waals surface area contributed by atoms with Crippen LogP contribution in [0.5, 0.6) is 0 Å². The molecule has 0 aliphatic carbocycles. The Morgan fingerprint density at radius 2 is 1.30 bits per heavy atom. The second kappa shape index (κ2) is 6.12. The molecule has 0 bridgehead atoms. The number of hydrogen-bond acceptors (Lipinski definition) is 2.